The number of ether oxygens (including phenoxy) is 1. The van der Waals surface area contributed by atoms with Crippen molar-refractivity contribution >= 4 is 42.8 Å². The first-order valence-corrected chi connectivity index (χ1v) is 15.7. The summed E-state index contributed by atoms with van der Waals surface area (Å²) in [6, 6.07) is 4.39. The van der Waals surface area contributed by atoms with E-state index < -0.39 is 32.3 Å². The zero-order chi connectivity index (χ0) is 30.9. The molecule has 234 valence electrons. The van der Waals surface area contributed by atoms with Crippen LogP contribution < -0.4 is 25.2 Å². The minimum atomic E-state index is -4.56. The van der Waals surface area contributed by atoms with Gasteiger partial charge < -0.3 is 35.0 Å². The Hall–Kier alpha value is -3.39. The van der Waals surface area contributed by atoms with Gasteiger partial charge in [0.25, 0.3) is 11.8 Å². The summed E-state index contributed by atoms with van der Waals surface area (Å²) in [7, 11) is -1.83. The summed E-state index contributed by atoms with van der Waals surface area (Å²) in [6.07, 6.45) is 5.88. The van der Waals surface area contributed by atoms with Gasteiger partial charge in [-0.3, -0.25) is 14.1 Å². The number of hydrogen-bond acceptors (Lipinski definition) is 9. The van der Waals surface area contributed by atoms with Crippen molar-refractivity contribution < 1.29 is 42.0 Å². The highest BCUT2D eigenvalue weighted by atomic mass is 31.2. The quantitative estimate of drug-likeness (QED) is 0.316. The van der Waals surface area contributed by atoms with Crippen LogP contribution in [0, 0.1) is 0 Å². The third-order valence-corrected chi connectivity index (χ3v) is 8.71. The van der Waals surface area contributed by atoms with Gasteiger partial charge in [-0.2, -0.15) is 13.8 Å². The second-order valence-electron chi connectivity index (χ2n) is 11.1. The first-order valence-electron chi connectivity index (χ1n) is 14.1. The lowest BCUT2D eigenvalue weighted by molar-refractivity contribution is -0.140. The number of nitrogens with zero attached hydrogens (tertiary/aromatic N) is 4. The van der Waals surface area contributed by atoms with E-state index in [4.69, 9.17) is 19.0 Å². The number of fused-ring (bicyclic) bond motifs is 1. The minimum Gasteiger partial charge on any atom is -0.495 e. The summed E-state index contributed by atoms with van der Waals surface area (Å²) in [5.41, 5.74) is 0.958. The SMILES string of the molecule is COc1cc(C(=O)NC2CCC(OP(=O)(O)O)CC2)ccc1Nc1ncc2c(n1)N(C1CCCC1)CC(F)(F)C(=O)N2C. The van der Waals surface area contributed by atoms with Crippen molar-refractivity contribution in [1.29, 1.82) is 0 Å². The Morgan fingerprint density at radius 3 is 2.49 bits per heavy atom. The Labute approximate surface area is 247 Å². The largest absolute Gasteiger partial charge is 0.495 e. The molecule has 1 aliphatic heterocycles. The summed E-state index contributed by atoms with van der Waals surface area (Å²) >= 11 is 0. The van der Waals surface area contributed by atoms with E-state index >= 15 is 0 Å². The van der Waals surface area contributed by atoms with Crippen molar-refractivity contribution in [2.24, 2.45) is 0 Å². The fourth-order valence-corrected chi connectivity index (χ4v) is 6.53. The molecule has 2 aliphatic carbocycles. The van der Waals surface area contributed by atoms with Crippen molar-refractivity contribution in [3.63, 3.8) is 0 Å². The number of halogens is 2. The molecule has 0 radical (unpaired) electrons. The summed E-state index contributed by atoms with van der Waals surface area (Å²) < 4.78 is 51.1. The number of nitrogens with one attached hydrogen (secondary N) is 2. The molecule has 16 heteroatoms. The molecule has 2 fully saturated rings. The van der Waals surface area contributed by atoms with Crippen LogP contribution in [0.1, 0.15) is 61.7 Å². The fourth-order valence-electron chi connectivity index (χ4n) is 5.94. The predicted molar refractivity (Wildman–Crippen MR) is 153 cm³/mol. The normalized spacial score (nSPS) is 22.6. The van der Waals surface area contributed by atoms with Crippen LogP contribution in [0.25, 0.3) is 0 Å². The molecular weight excluding hydrogens is 589 g/mol. The highest BCUT2D eigenvalue weighted by Gasteiger charge is 2.48. The van der Waals surface area contributed by atoms with Gasteiger partial charge in [0.05, 0.1) is 31.6 Å². The third-order valence-electron chi connectivity index (χ3n) is 8.14. The molecule has 2 saturated carbocycles. The van der Waals surface area contributed by atoms with Crippen LogP contribution in [-0.2, 0) is 13.9 Å². The van der Waals surface area contributed by atoms with Gasteiger partial charge in [0.1, 0.15) is 11.4 Å². The fraction of sp³-hybridized carbons (Fsp3) is 0.556. The first kappa shape index (κ1) is 31.0. The molecule has 0 saturated heterocycles. The van der Waals surface area contributed by atoms with Crippen molar-refractivity contribution in [2.45, 2.75) is 75.5 Å². The Kier molecular flexibility index (Phi) is 8.89. The number of aromatic nitrogens is 2. The molecule has 1 aromatic carbocycles. The van der Waals surface area contributed by atoms with E-state index in [-0.39, 0.29) is 35.4 Å². The number of rotatable bonds is 8. The smallest absolute Gasteiger partial charge is 0.469 e. The molecule has 0 bridgehead atoms. The highest BCUT2D eigenvalue weighted by Crippen LogP contribution is 2.42. The second kappa shape index (κ2) is 12.3. The van der Waals surface area contributed by atoms with Gasteiger partial charge in [0.15, 0.2) is 5.82 Å². The lowest BCUT2D eigenvalue weighted by atomic mass is 9.93. The maximum absolute atomic E-state index is 14.9. The number of carbonyl (C=O) groups excluding carboxylic acids is 2. The van der Waals surface area contributed by atoms with Crippen molar-refractivity contribution in [2.75, 3.05) is 35.8 Å². The highest BCUT2D eigenvalue weighted by molar-refractivity contribution is 7.46. The van der Waals surface area contributed by atoms with E-state index in [0.717, 1.165) is 30.6 Å². The van der Waals surface area contributed by atoms with Gasteiger partial charge >= 0.3 is 13.7 Å². The average Bonchev–Trinajstić information content (AvgIpc) is 3.48. The molecule has 2 heterocycles. The van der Waals surface area contributed by atoms with E-state index in [2.05, 4.69) is 20.6 Å². The molecule has 43 heavy (non-hydrogen) atoms. The molecule has 2 aromatic rings. The van der Waals surface area contributed by atoms with Crippen LogP contribution in [0.15, 0.2) is 24.4 Å². The van der Waals surface area contributed by atoms with E-state index in [1.165, 1.54) is 25.3 Å². The van der Waals surface area contributed by atoms with Crippen LogP contribution in [0.3, 0.4) is 0 Å². The maximum atomic E-state index is 14.9. The molecule has 5 rings (SSSR count). The number of methoxy groups -OCH3 is 1. The molecule has 0 spiro atoms. The van der Waals surface area contributed by atoms with E-state index in [1.807, 2.05) is 0 Å². The number of anilines is 4. The molecule has 0 atom stereocenters. The second-order valence-corrected chi connectivity index (χ2v) is 12.3. The molecule has 4 N–H and O–H groups in total. The molecular formula is C27H35F2N6O7P. The summed E-state index contributed by atoms with van der Waals surface area (Å²) in [4.78, 5) is 54.8. The number of phosphoric acid groups is 1. The van der Waals surface area contributed by atoms with Gasteiger partial charge in [-0.25, -0.2) is 9.55 Å². The number of benzene rings is 1. The lowest BCUT2D eigenvalue weighted by Gasteiger charge is -2.31. The summed E-state index contributed by atoms with van der Waals surface area (Å²) in [5, 5.41) is 5.99. The number of hydrogen-bond donors (Lipinski definition) is 4. The van der Waals surface area contributed by atoms with Crippen LogP contribution in [0.5, 0.6) is 5.75 Å². The van der Waals surface area contributed by atoms with Crippen molar-refractivity contribution in [3.05, 3.63) is 30.0 Å². The summed E-state index contributed by atoms with van der Waals surface area (Å²) in [5.74, 6) is -4.56. The van der Waals surface area contributed by atoms with Crippen molar-refractivity contribution in [1.82, 2.24) is 15.3 Å². The van der Waals surface area contributed by atoms with Crippen LogP contribution in [0.4, 0.5) is 31.9 Å². The van der Waals surface area contributed by atoms with Gasteiger partial charge in [-0.1, -0.05) is 12.8 Å². The van der Waals surface area contributed by atoms with Crippen LogP contribution in [0.2, 0.25) is 0 Å². The molecule has 1 aromatic heterocycles. The first-order chi connectivity index (χ1) is 20.3. The average molecular weight is 625 g/mol. The summed E-state index contributed by atoms with van der Waals surface area (Å²) in [6.45, 7) is -0.768. The molecule has 2 amide bonds. The monoisotopic (exact) mass is 624 g/mol. The Balaban J connectivity index is 1.31. The van der Waals surface area contributed by atoms with Crippen molar-refractivity contribution in [3.8, 4) is 5.75 Å². The topological polar surface area (TPSA) is 166 Å². The zero-order valence-electron chi connectivity index (χ0n) is 23.8. The number of amides is 2. The Morgan fingerprint density at radius 1 is 1.14 bits per heavy atom. The Bertz CT molecular complexity index is 1410. The lowest BCUT2D eigenvalue weighted by Crippen LogP contribution is -2.48. The number of phosphoric ester groups is 1. The van der Waals surface area contributed by atoms with Gasteiger partial charge in [0.2, 0.25) is 5.95 Å². The minimum absolute atomic E-state index is 0.109. The molecule has 0 unspecified atom stereocenters. The maximum Gasteiger partial charge on any atom is 0.469 e. The van der Waals surface area contributed by atoms with Gasteiger partial charge in [0, 0.05) is 24.7 Å². The number of alkyl halides is 2. The zero-order valence-corrected chi connectivity index (χ0v) is 24.7. The van der Waals surface area contributed by atoms with E-state index in [0.29, 0.717) is 42.7 Å². The predicted octanol–water partition coefficient (Wildman–Crippen LogP) is 3.74. The standard InChI is InChI=1S/C27H35F2N6O7P/c1-34-21-14-30-26(33-23(21)35(18-5-3-4-6-18)15-27(28,29)25(34)37)32-20-12-7-16(13-22(20)41-2)24(36)31-17-8-10-19(11-9-17)42-43(38,39)40/h7,12-14,17-19H,3-6,8-11,15H2,1-2H3,(H,31,36)(H,30,32,33)(H2,38,39,40). The van der Waals surface area contributed by atoms with Gasteiger partial charge in [-0.05, 0) is 56.7 Å². The van der Waals surface area contributed by atoms with E-state index in [1.54, 1.807) is 18.2 Å². The third kappa shape index (κ3) is 7.06. The number of carbonyl (C=O) groups is 2. The Morgan fingerprint density at radius 2 is 1.84 bits per heavy atom. The van der Waals surface area contributed by atoms with Crippen LogP contribution >= 0.6 is 7.82 Å². The van der Waals surface area contributed by atoms with Crippen LogP contribution in [-0.4, -0.2) is 76.4 Å². The van der Waals surface area contributed by atoms with E-state index in [9.17, 15) is 22.9 Å². The molecule has 3 aliphatic rings. The van der Waals surface area contributed by atoms with Gasteiger partial charge in [-0.15, -0.1) is 0 Å². The molecule has 13 nitrogen and oxygen atoms in total.